The number of hydrogen-bond acceptors (Lipinski definition) is 2. The van der Waals surface area contributed by atoms with E-state index in [1.54, 1.807) is 0 Å². The Morgan fingerprint density at radius 3 is 2.79 bits per heavy atom. The van der Waals surface area contributed by atoms with Gasteiger partial charge in [-0.15, -0.1) is 0 Å². The zero-order valence-electron chi connectivity index (χ0n) is 7.50. The molecule has 0 aliphatic heterocycles. The van der Waals surface area contributed by atoms with Gasteiger partial charge in [-0.1, -0.05) is 0 Å². The molecule has 0 spiro atoms. The lowest BCUT2D eigenvalue weighted by Crippen LogP contribution is -2.33. The normalized spacial score (nSPS) is 26.0. The molecule has 0 radical (unpaired) electrons. The molecule has 0 bridgehead atoms. The molecule has 0 amide bonds. The van der Waals surface area contributed by atoms with Crippen LogP contribution in [0.3, 0.4) is 0 Å². The predicted molar refractivity (Wildman–Crippen MR) is 47.6 cm³/mol. The predicted octanol–water partition coefficient (Wildman–Crippen LogP) is 1.27. The van der Waals surface area contributed by atoms with Gasteiger partial charge in [-0.05, 0) is 30.0 Å². The van der Waals surface area contributed by atoms with E-state index in [0.29, 0.717) is 24.0 Å². The Kier molecular flexibility index (Phi) is 2.25. The molecule has 1 aromatic carbocycles. The Morgan fingerprint density at radius 1 is 1.36 bits per heavy atom. The van der Waals surface area contributed by atoms with Gasteiger partial charge in [0, 0.05) is 12.1 Å². The van der Waals surface area contributed by atoms with Crippen LogP contribution in [0.25, 0.3) is 0 Å². The molecule has 14 heavy (non-hydrogen) atoms. The molecular weight excluding hydrogens is 188 g/mol. The summed E-state index contributed by atoms with van der Waals surface area (Å²) < 4.78 is 26.1. The molecule has 2 atom stereocenters. The van der Waals surface area contributed by atoms with Crippen molar-refractivity contribution in [2.75, 3.05) is 0 Å². The van der Waals surface area contributed by atoms with Crippen molar-refractivity contribution in [1.82, 2.24) is 0 Å². The van der Waals surface area contributed by atoms with Gasteiger partial charge in [0.1, 0.15) is 11.6 Å². The third kappa shape index (κ3) is 1.40. The molecule has 0 fully saturated rings. The monoisotopic (exact) mass is 199 g/mol. The van der Waals surface area contributed by atoms with Crippen molar-refractivity contribution in [2.45, 2.75) is 25.0 Å². The van der Waals surface area contributed by atoms with Crippen molar-refractivity contribution < 1.29 is 13.9 Å². The molecule has 2 rings (SSSR count). The number of hydrogen-bond donors (Lipinski definition) is 2. The summed E-state index contributed by atoms with van der Waals surface area (Å²) in [5.41, 5.74) is 6.28. The second kappa shape index (κ2) is 3.29. The third-order valence-electron chi connectivity index (χ3n) is 2.65. The lowest BCUT2D eigenvalue weighted by Gasteiger charge is -2.27. The molecule has 0 unspecified atom stereocenters. The van der Waals surface area contributed by atoms with Crippen LogP contribution in [0.15, 0.2) is 12.1 Å². The average molecular weight is 199 g/mol. The minimum atomic E-state index is -0.955. The highest BCUT2D eigenvalue weighted by Crippen LogP contribution is 2.31. The minimum Gasteiger partial charge on any atom is -0.387 e. The fraction of sp³-hybridized carbons (Fsp3) is 0.400. The molecular formula is C10H11F2NO. The quantitative estimate of drug-likeness (QED) is 0.661. The number of nitrogens with two attached hydrogens (primary N) is 1. The van der Waals surface area contributed by atoms with Gasteiger partial charge in [-0.2, -0.15) is 0 Å². The molecule has 0 aromatic heterocycles. The Morgan fingerprint density at radius 2 is 2.07 bits per heavy atom. The van der Waals surface area contributed by atoms with E-state index in [0.717, 1.165) is 12.1 Å². The number of halogens is 2. The number of aliphatic hydroxyl groups is 1. The summed E-state index contributed by atoms with van der Waals surface area (Å²) in [6.07, 6.45) is 0.0279. The summed E-state index contributed by atoms with van der Waals surface area (Å²) in [5, 5.41) is 9.62. The van der Waals surface area contributed by atoms with Gasteiger partial charge in [-0.3, -0.25) is 0 Å². The molecule has 4 heteroatoms. The fourth-order valence-electron chi connectivity index (χ4n) is 1.85. The maximum Gasteiger partial charge on any atom is 0.129 e. The topological polar surface area (TPSA) is 46.2 Å². The first-order valence-corrected chi connectivity index (χ1v) is 4.51. The van der Waals surface area contributed by atoms with Crippen molar-refractivity contribution >= 4 is 0 Å². The Labute approximate surface area is 80.4 Å². The molecule has 1 aliphatic carbocycles. The van der Waals surface area contributed by atoms with Gasteiger partial charge in [0.25, 0.3) is 0 Å². The number of aliphatic hydroxyl groups excluding tert-OH is 1. The molecule has 0 saturated heterocycles. The van der Waals surface area contributed by atoms with Crippen molar-refractivity contribution in [2.24, 2.45) is 5.73 Å². The van der Waals surface area contributed by atoms with Crippen LogP contribution in [0.2, 0.25) is 0 Å². The Hall–Kier alpha value is -1.00. The Bertz CT molecular complexity index is 367. The van der Waals surface area contributed by atoms with Crippen LogP contribution in [-0.2, 0) is 6.42 Å². The van der Waals surface area contributed by atoms with E-state index in [-0.39, 0.29) is 0 Å². The minimum absolute atomic E-state index is 0.293. The molecule has 0 heterocycles. The molecule has 1 aromatic rings. The molecule has 2 nitrogen and oxygen atoms in total. The molecule has 1 aliphatic rings. The van der Waals surface area contributed by atoms with Gasteiger partial charge in [0.15, 0.2) is 0 Å². The second-order valence-electron chi connectivity index (χ2n) is 3.60. The first-order valence-electron chi connectivity index (χ1n) is 4.51. The summed E-state index contributed by atoms with van der Waals surface area (Å²) in [4.78, 5) is 0. The SMILES string of the molecule is N[C@H]1CCc2c(F)cc(F)cc2[C@@H]1O. The average Bonchev–Trinajstić information content (AvgIpc) is 2.12. The maximum absolute atomic E-state index is 13.2. The van der Waals surface area contributed by atoms with Gasteiger partial charge >= 0.3 is 0 Å². The van der Waals surface area contributed by atoms with E-state index in [9.17, 15) is 13.9 Å². The summed E-state index contributed by atoms with van der Waals surface area (Å²) in [7, 11) is 0. The highest BCUT2D eigenvalue weighted by Gasteiger charge is 2.27. The lowest BCUT2D eigenvalue weighted by molar-refractivity contribution is 0.132. The Balaban J connectivity index is 2.54. The second-order valence-corrected chi connectivity index (χ2v) is 3.60. The summed E-state index contributed by atoms with van der Waals surface area (Å²) in [6, 6.07) is 1.56. The largest absolute Gasteiger partial charge is 0.387 e. The van der Waals surface area contributed by atoms with Crippen LogP contribution in [0.1, 0.15) is 23.7 Å². The summed E-state index contributed by atoms with van der Waals surface area (Å²) >= 11 is 0. The van der Waals surface area contributed by atoms with Gasteiger partial charge in [0.2, 0.25) is 0 Å². The summed E-state index contributed by atoms with van der Waals surface area (Å²) in [6.45, 7) is 0. The highest BCUT2D eigenvalue weighted by atomic mass is 19.1. The van der Waals surface area contributed by atoms with Gasteiger partial charge < -0.3 is 10.8 Å². The van der Waals surface area contributed by atoms with Crippen molar-refractivity contribution in [3.63, 3.8) is 0 Å². The van der Waals surface area contributed by atoms with Crippen LogP contribution in [0, 0.1) is 11.6 Å². The molecule has 3 N–H and O–H groups in total. The fourth-order valence-corrected chi connectivity index (χ4v) is 1.85. The van der Waals surface area contributed by atoms with Gasteiger partial charge in [-0.25, -0.2) is 8.78 Å². The first kappa shape index (κ1) is 9.55. The van der Waals surface area contributed by atoms with Crippen molar-refractivity contribution in [1.29, 1.82) is 0 Å². The molecule has 76 valence electrons. The van der Waals surface area contributed by atoms with Crippen LogP contribution in [-0.4, -0.2) is 11.1 Å². The van der Waals surface area contributed by atoms with Crippen molar-refractivity contribution in [3.8, 4) is 0 Å². The number of rotatable bonds is 0. The summed E-state index contributed by atoms with van der Waals surface area (Å²) in [5.74, 6) is -1.26. The van der Waals surface area contributed by atoms with E-state index >= 15 is 0 Å². The lowest BCUT2D eigenvalue weighted by atomic mass is 9.86. The van der Waals surface area contributed by atoms with E-state index < -0.39 is 23.8 Å². The van der Waals surface area contributed by atoms with Gasteiger partial charge in [0.05, 0.1) is 6.10 Å². The highest BCUT2D eigenvalue weighted by molar-refractivity contribution is 5.34. The number of fused-ring (bicyclic) bond motifs is 1. The van der Waals surface area contributed by atoms with E-state index in [1.807, 2.05) is 0 Å². The van der Waals surface area contributed by atoms with Crippen LogP contribution in [0.4, 0.5) is 8.78 Å². The van der Waals surface area contributed by atoms with E-state index in [4.69, 9.17) is 5.73 Å². The zero-order chi connectivity index (χ0) is 10.3. The number of benzene rings is 1. The molecule has 0 saturated carbocycles. The first-order chi connectivity index (χ1) is 6.59. The zero-order valence-corrected chi connectivity index (χ0v) is 7.50. The standard InChI is InChI=1S/C10H11F2NO/c11-5-3-7-6(8(12)4-5)1-2-9(13)10(7)14/h3-4,9-10,14H,1-2,13H2/t9-,10-/m0/s1. The van der Waals surface area contributed by atoms with Crippen LogP contribution in [0.5, 0.6) is 0 Å². The maximum atomic E-state index is 13.2. The van der Waals surface area contributed by atoms with E-state index in [2.05, 4.69) is 0 Å². The van der Waals surface area contributed by atoms with E-state index in [1.165, 1.54) is 0 Å². The van der Waals surface area contributed by atoms with Crippen LogP contribution >= 0.6 is 0 Å². The third-order valence-corrected chi connectivity index (χ3v) is 2.65. The van der Waals surface area contributed by atoms with Crippen LogP contribution < -0.4 is 5.73 Å². The van der Waals surface area contributed by atoms with Crippen molar-refractivity contribution in [3.05, 3.63) is 34.9 Å². The smallest absolute Gasteiger partial charge is 0.129 e.